The number of esters is 1. The number of aryl methyl sites for hydroxylation is 1. The first-order chi connectivity index (χ1) is 21.9. The van der Waals surface area contributed by atoms with E-state index in [0.717, 1.165) is 29.5 Å². The van der Waals surface area contributed by atoms with Gasteiger partial charge in [-0.05, 0) is 78.9 Å². The first-order valence-electron chi connectivity index (χ1n) is 14.8. The molecule has 1 aliphatic heterocycles. The van der Waals surface area contributed by atoms with Crippen LogP contribution in [-0.4, -0.2) is 49.7 Å². The Hall–Kier alpha value is -5.31. The van der Waals surface area contributed by atoms with E-state index in [0.29, 0.717) is 35.0 Å². The highest BCUT2D eigenvalue weighted by molar-refractivity contribution is 6.01. The van der Waals surface area contributed by atoms with E-state index >= 15 is 0 Å². The molecule has 0 unspecified atom stereocenters. The molecule has 9 heteroatoms. The van der Waals surface area contributed by atoms with Crippen molar-refractivity contribution in [3.63, 3.8) is 0 Å². The molecule has 0 aliphatic carbocycles. The highest BCUT2D eigenvalue weighted by atomic mass is 16.5. The van der Waals surface area contributed by atoms with Gasteiger partial charge in [-0.15, -0.1) is 0 Å². The number of anilines is 2. The fourth-order valence-electron chi connectivity index (χ4n) is 5.63. The van der Waals surface area contributed by atoms with E-state index in [1.165, 1.54) is 14.2 Å². The maximum atomic E-state index is 14.0. The fourth-order valence-corrected chi connectivity index (χ4v) is 5.63. The third kappa shape index (κ3) is 7.62. The van der Waals surface area contributed by atoms with Crippen LogP contribution >= 0.6 is 0 Å². The number of benzene rings is 4. The lowest BCUT2D eigenvalue weighted by Gasteiger charge is -2.31. The molecular formula is C36H37N3O6. The molecule has 1 aliphatic rings. The first-order valence-corrected chi connectivity index (χ1v) is 14.8. The number of rotatable bonds is 10. The molecule has 1 saturated heterocycles. The predicted molar refractivity (Wildman–Crippen MR) is 173 cm³/mol. The number of likely N-dealkylation sites (tertiary alicyclic amines) is 1. The van der Waals surface area contributed by atoms with Crippen molar-refractivity contribution in [3.05, 3.63) is 119 Å². The van der Waals surface area contributed by atoms with Crippen LogP contribution in [0.25, 0.3) is 0 Å². The molecule has 0 aromatic heterocycles. The van der Waals surface area contributed by atoms with Crippen LogP contribution in [-0.2, 0) is 16.0 Å². The minimum absolute atomic E-state index is 0.0314. The first kappa shape index (κ1) is 31.1. The van der Waals surface area contributed by atoms with Gasteiger partial charge in [0.2, 0.25) is 5.91 Å². The number of para-hydroxylation sites is 1. The van der Waals surface area contributed by atoms with Gasteiger partial charge in [-0.1, -0.05) is 54.6 Å². The van der Waals surface area contributed by atoms with Gasteiger partial charge in [0, 0.05) is 5.69 Å². The molecule has 0 radical (unpaired) electrons. The lowest BCUT2D eigenvalue weighted by molar-refractivity contribution is -0.134. The normalized spacial score (nSPS) is 15.7. The quantitative estimate of drug-likeness (QED) is 0.192. The van der Waals surface area contributed by atoms with Gasteiger partial charge in [0.15, 0.2) is 0 Å². The van der Waals surface area contributed by atoms with Crippen molar-refractivity contribution in [2.75, 3.05) is 31.5 Å². The van der Waals surface area contributed by atoms with Crippen molar-refractivity contribution in [3.8, 4) is 11.5 Å². The van der Waals surface area contributed by atoms with Crippen molar-refractivity contribution < 1.29 is 28.6 Å². The summed E-state index contributed by atoms with van der Waals surface area (Å²) in [5.41, 5.74) is 4.43. The minimum Gasteiger partial charge on any atom is -0.495 e. The molecule has 0 spiro atoms. The minimum atomic E-state index is -0.411. The topological polar surface area (TPSA) is 106 Å². The fraction of sp³-hybridized carbons (Fsp3) is 0.250. The van der Waals surface area contributed by atoms with Gasteiger partial charge < -0.3 is 29.7 Å². The van der Waals surface area contributed by atoms with Gasteiger partial charge in [0.25, 0.3) is 0 Å². The second-order valence-electron chi connectivity index (χ2n) is 10.9. The van der Waals surface area contributed by atoms with Crippen LogP contribution in [0.4, 0.5) is 16.2 Å². The third-order valence-electron chi connectivity index (χ3n) is 7.96. The van der Waals surface area contributed by atoms with E-state index in [2.05, 4.69) is 10.6 Å². The number of ether oxygens (including phenoxy) is 3. The maximum Gasteiger partial charge on any atom is 0.337 e. The zero-order valence-electron chi connectivity index (χ0n) is 25.6. The Morgan fingerprint density at radius 1 is 0.822 bits per heavy atom. The number of carbonyl (C=O) groups is 3. The second kappa shape index (κ2) is 14.4. The Kier molecular flexibility index (Phi) is 9.99. The van der Waals surface area contributed by atoms with Crippen LogP contribution in [0.3, 0.4) is 0 Å². The van der Waals surface area contributed by atoms with E-state index in [1.807, 2.05) is 72.5 Å². The summed E-state index contributed by atoms with van der Waals surface area (Å²) < 4.78 is 16.5. The van der Waals surface area contributed by atoms with Gasteiger partial charge in [0.1, 0.15) is 18.1 Å². The number of nitrogens with zero attached hydrogens (tertiary/aromatic N) is 1. The van der Waals surface area contributed by atoms with Gasteiger partial charge in [-0.3, -0.25) is 4.79 Å². The van der Waals surface area contributed by atoms with Crippen molar-refractivity contribution in [2.45, 2.75) is 38.3 Å². The molecule has 2 N–H and O–H groups in total. The van der Waals surface area contributed by atoms with E-state index in [1.54, 1.807) is 36.4 Å². The van der Waals surface area contributed by atoms with E-state index in [-0.39, 0.29) is 24.4 Å². The molecule has 0 saturated carbocycles. The van der Waals surface area contributed by atoms with Crippen LogP contribution in [0.2, 0.25) is 0 Å². The molecule has 5 rings (SSSR count). The van der Waals surface area contributed by atoms with Crippen LogP contribution in [0.1, 0.15) is 45.9 Å². The van der Waals surface area contributed by atoms with Crippen LogP contribution < -0.4 is 20.1 Å². The van der Waals surface area contributed by atoms with Gasteiger partial charge in [-0.25, -0.2) is 9.59 Å². The number of urea groups is 1. The molecule has 45 heavy (non-hydrogen) atoms. The van der Waals surface area contributed by atoms with E-state index in [9.17, 15) is 14.4 Å². The molecule has 9 nitrogen and oxygen atoms in total. The van der Waals surface area contributed by atoms with Gasteiger partial charge in [0.05, 0.1) is 44.0 Å². The standard InChI is InChI=1S/C36H37N3O6/c1-24-9-7-8-12-30(24)37-36(42)38-31-19-13-25(21-33(31)43-2)22-34(40)39-28(16-20-32(39)26-10-5-4-6-11-26)23-45-29-17-14-27(15-18-29)35(41)44-3/h4-15,17-19,21,28,32H,16,20,22-23H2,1-3H3,(H2,37,38,42)/t28-,32+/m0/s1. The predicted octanol–water partition coefficient (Wildman–Crippen LogP) is 6.79. The molecule has 4 aromatic rings. The Bertz CT molecular complexity index is 1640. The Morgan fingerprint density at radius 2 is 1.53 bits per heavy atom. The Balaban J connectivity index is 1.29. The van der Waals surface area contributed by atoms with Crippen LogP contribution in [0, 0.1) is 6.92 Å². The van der Waals surface area contributed by atoms with Crippen molar-refractivity contribution in [1.82, 2.24) is 4.90 Å². The monoisotopic (exact) mass is 607 g/mol. The largest absolute Gasteiger partial charge is 0.495 e. The van der Waals surface area contributed by atoms with E-state index in [4.69, 9.17) is 14.2 Å². The molecule has 4 aromatic carbocycles. The summed E-state index contributed by atoms with van der Waals surface area (Å²) in [6.07, 6.45) is 1.75. The van der Waals surface area contributed by atoms with Gasteiger partial charge in [-0.2, -0.15) is 0 Å². The van der Waals surface area contributed by atoms with E-state index < -0.39 is 12.0 Å². The lowest BCUT2D eigenvalue weighted by atomic mass is 10.0. The molecule has 232 valence electrons. The SMILES string of the molecule is COC(=O)c1ccc(OC[C@@H]2CC[C@H](c3ccccc3)N2C(=O)Cc2ccc(NC(=O)Nc3ccccc3C)c(OC)c2)cc1. The summed E-state index contributed by atoms with van der Waals surface area (Å²) in [5.74, 6) is 0.621. The number of hydrogen-bond acceptors (Lipinski definition) is 6. The summed E-state index contributed by atoms with van der Waals surface area (Å²) in [6.45, 7) is 2.24. The zero-order chi connectivity index (χ0) is 31.8. The molecule has 0 bridgehead atoms. The average molecular weight is 608 g/mol. The molecular weight excluding hydrogens is 570 g/mol. The molecule has 1 fully saturated rings. The second-order valence-corrected chi connectivity index (χ2v) is 10.9. The number of nitrogens with one attached hydrogen (secondary N) is 2. The summed E-state index contributed by atoms with van der Waals surface area (Å²) in [6, 6.07) is 29.1. The zero-order valence-corrected chi connectivity index (χ0v) is 25.6. The smallest absolute Gasteiger partial charge is 0.337 e. The number of methoxy groups -OCH3 is 2. The number of hydrogen-bond donors (Lipinski definition) is 2. The highest BCUT2D eigenvalue weighted by Crippen LogP contribution is 2.37. The summed E-state index contributed by atoms with van der Waals surface area (Å²) in [5, 5.41) is 5.70. The molecule has 2 atom stereocenters. The third-order valence-corrected chi connectivity index (χ3v) is 7.96. The average Bonchev–Trinajstić information content (AvgIpc) is 3.50. The highest BCUT2D eigenvalue weighted by Gasteiger charge is 2.38. The number of carbonyl (C=O) groups excluding carboxylic acids is 3. The Morgan fingerprint density at radius 3 is 2.24 bits per heavy atom. The van der Waals surface area contributed by atoms with Crippen molar-refractivity contribution in [1.29, 1.82) is 0 Å². The summed E-state index contributed by atoms with van der Waals surface area (Å²) in [4.78, 5) is 40.4. The maximum absolute atomic E-state index is 14.0. The van der Waals surface area contributed by atoms with Gasteiger partial charge >= 0.3 is 12.0 Å². The molecule has 3 amide bonds. The summed E-state index contributed by atoms with van der Waals surface area (Å²) >= 11 is 0. The Labute approximate surface area is 263 Å². The molecule has 1 heterocycles. The van der Waals surface area contributed by atoms with Crippen LogP contribution in [0.15, 0.2) is 97.1 Å². The summed E-state index contributed by atoms with van der Waals surface area (Å²) in [7, 11) is 2.87. The van der Waals surface area contributed by atoms with Crippen LogP contribution in [0.5, 0.6) is 11.5 Å². The van der Waals surface area contributed by atoms with Crippen molar-refractivity contribution >= 4 is 29.3 Å². The number of amides is 3. The lowest BCUT2D eigenvalue weighted by Crippen LogP contribution is -2.41. The van der Waals surface area contributed by atoms with Crippen molar-refractivity contribution in [2.24, 2.45) is 0 Å².